The number of rotatable bonds is 5. The smallest absolute Gasteiger partial charge is 0.325 e. The first kappa shape index (κ1) is 17.2. The molecule has 0 saturated carbocycles. The Hall–Kier alpha value is -3.26. The molecule has 0 bridgehead atoms. The topological polar surface area (TPSA) is 81.7 Å². The van der Waals surface area contributed by atoms with Gasteiger partial charge >= 0.3 is 6.03 Å². The Labute approximate surface area is 159 Å². The van der Waals surface area contributed by atoms with Crippen molar-refractivity contribution in [3.8, 4) is 28.5 Å². The molecule has 4 rings (SSSR count). The maximum Gasteiger partial charge on any atom is 0.325 e. The standard InChI is InChI=1S/C19H17N3O4S/c1-2-24-14-6-4-13(5-7-14)20-18(23)22-19-21-15(10-27-19)12-3-8-16-17(9-12)26-11-25-16/h3-10H,2,11H2,1H3,(H2,20,21,22,23). The van der Waals surface area contributed by atoms with Crippen molar-refractivity contribution >= 4 is 28.2 Å². The third-order valence-corrected chi connectivity index (χ3v) is 4.57. The number of carbonyl (C=O) groups excluding carboxylic acids is 1. The van der Waals surface area contributed by atoms with Gasteiger partial charge in [0.25, 0.3) is 0 Å². The molecule has 1 aromatic heterocycles. The summed E-state index contributed by atoms with van der Waals surface area (Å²) < 4.78 is 16.1. The maximum absolute atomic E-state index is 12.2. The fraction of sp³-hybridized carbons (Fsp3) is 0.158. The number of carbonyl (C=O) groups is 1. The summed E-state index contributed by atoms with van der Waals surface area (Å²) in [7, 11) is 0. The van der Waals surface area contributed by atoms with Gasteiger partial charge in [-0.3, -0.25) is 5.32 Å². The molecule has 0 fully saturated rings. The van der Waals surface area contributed by atoms with Crippen molar-refractivity contribution in [2.24, 2.45) is 0 Å². The minimum atomic E-state index is -0.356. The predicted molar refractivity (Wildman–Crippen MR) is 104 cm³/mol. The summed E-state index contributed by atoms with van der Waals surface area (Å²) in [5, 5.41) is 7.89. The lowest BCUT2D eigenvalue weighted by Crippen LogP contribution is -2.19. The number of benzene rings is 2. The van der Waals surface area contributed by atoms with Crippen molar-refractivity contribution in [1.82, 2.24) is 4.98 Å². The van der Waals surface area contributed by atoms with Gasteiger partial charge in [0.15, 0.2) is 16.6 Å². The van der Waals surface area contributed by atoms with Crippen LogP contribution in [0.4, 0.5) is 15.6 Å². The Morgan fingerprint density at radius 1 is 1.15 bits per heavy atom. The number of nitrogens with one attached hydrogen (secondary N) is 2. The van der Waals surface area contributed by atoms with Crippen LogP contribution in [0.2, 0.25) is 0 Å². The van der Waals surface area contributed by atoms with E-state index in [9.17, 15) is 4.79 Å². The summed E-state index contributed by atoms with van der Waals surface area (Å²) >= 11 is 1.35. The van der Waals surface area contributed by atoms with E-state index in [4.69, 9.17) is 14.2 Å². The number of anilines is 2. The Morgan fingerprint density at radius 2 is 1.96 bits per heavy atom. The van der Waals surface area contributed by atoms with Gasteiger partial charge in [-0.25, -0.2) is 9.78 Å². The van der Waals surface area contributed by atoms with Crippen molar-refractivity contribution in [1.29, 1.82) is 0 Å². The molecular formula is C19H17N3O4S. The third kappa shape index (κ3) is 3.95. The van der Waals surface area contributed by atoms with Gasteiger partial charge in [-0.05, 0) is 49.4 Å². The summed E-state index contributed by atoms with van der Waals surface area (Å²) in [5.74, 6) is 2.18. The molecular weight excluding hydrogens is 366 g/mol. The van der Waals surface area contributed by atoms with E-state index < -0.39 is 0 Å². The molecule has 0 spiro atoms. The number of ether oxygens (including phenoxy) is 3. The van der Waals surface area contributed by atoms with E-state index >= 15 is 0 Å². The highest BCUT2D eigenvalue weighted by Gasteiger charge is 2.15. The molecule has 0 atom stereocenters. The van der Waals surface area contributed by atoms with Gasteiger partial charge in [-0.1, -0.05) is 0 Å². The van der Waals surface area contributed by atoms with Crippen LogP contribution in [-0.4, -0.2) is 24.4 Å². The third-order valence-electron chi connectivity index (χ3n) is 3.82. The molecule has 2 amide bonds. The molecule has 1 aliphatic rings. The Kier molecular flexibility index (Phi) is 4.80. The second-order valence-electron chi connectivity index (χ2n) is 5.64. The van der Waals surface area contributed by atoms with E-state index in [0.717, 1.165) is 22.8 Å². The van der Waals surface area contributed by atoms with Crippen molar-refractivity contribution < 1.29 is 19.0 Å². The summed E-state index contributed by atoms with van der Waals surface area (Å²) in [6.45, 7) is 2.75. The number of fused-ring (bicyclic) bond motifs is 1. The lowest BCUT2D eigenvalue weighted by Gasteiger charge is -2.07. The molecule has 2 heterocycles. The van der Waals surface area contributed by atoms with E-state index in [1.54, 1.807) is 24.3 Å². The van der Waals surface area contributed by atoms with Crippen molar-refractivity contribution in [3.05, 3.63) is 47.8 Å². The normalized spacial score (nSPS) is 11.9. The first-order valence-corrected chi connectivity index (χ1v) is 9.25. The van der Waals surface area contributed by atoms with E-state index in [1.165, 1.54) is 11.3 Å². The van der Waals surface area contributed by atoms with Crippen LogP contribution in [-0.2, 0) is 0 Å². The predicted octanol–water partition coefficient (Wildman–Crippen LogP) is 4.58. The summed E-state index contributed by atoms with van der Waals surface area (Å²) in [6.07, 6.45) is 0. The molecule has 2 N–H and O–H groups in total. The van der Waals surface area contributed by atoms with Crippen molar-refractivity contribution in [2.75, 3.05) is 24.0 Å². The van der Waals surface area contributed by atoms with Crippen molar-refractivity contribution in [2.45, 2.75) is 6.92 Å². The Bertz CT molecular complexity index is 956. The van der Waals surface area contributed by atoms with Crippen LogP contribution in [0.1, 0.15) is 6.92 Å². The molecule has 0 unspecified atom stereocenters. The summed E-state index contributed by atoms with van der Waals surface area (Å²) in [4.78, 5) is 16.6. The fourth-order valence-electron chi connectivity index (χ4n) is 2.58. The Morgan fingerprint density at radius 3 is 2.78 bits per heavy atom. The number of hydrogen-bond acceptors (Lipinski definition) is 6. The van der Waals surface area contributed by atoms with E-state index in [1.807, 2.05) is 30.5 Å². The fourth-order valence-corrected chi connectivity index (χ4v) is 3.29. The first-order chi connectivity index (χ1) is 13.2. The number of hydrogen-bond donors (Lipinski definition) is 2. The van der Waals surface area contributed by atoms with Crippen molar-refractivity contribution in [3.63, 3.8) is 0 Å². The molecule has 0 radical (unpaired) electrons. The van der Waals surface area contributed by atoms with E-state index in [0.29, 0.717) is 23.2 Å². The number of amides is 2. The largest absolute Gasteiger partial charge is 0.494 e. The van der Waals surface area contributed by atoms with Gasteiger partial charge in [0.05, 0.1) is 12.3 Å². The van der Waals surface area contributed by atoms with Crippen LogP contribution >= 0.6 is 11.3 Å². The molecule has 3 aromatic rings. The minimum Gasteiger partial charge on any atom is -0.494 e. The highest BCUT2D eigenvalue weighted by Crippen LogP contribution is 2.36. The maximum atomic E-state index is 12.2. The molecule has 27 heavy (non-hydrogen) atoms. The highest BCUT2D eigenvalue weighted by molar-refractivity contribution is 7.14. The second kappa shape index (κ2) is 7.55. The average molecular weight is 383 g/mol. The van der Waals surface area contributed by atoms with Gasteiger partial charge in [0, 0.05) is 16.6 Å². The zero-order valence-corrected chi connectivity index (χ0v) is 15.3. The lowest BCUT2D eigenvalue weighted by molar-refractivity contribution is 0.174. The van der Waals surface area contributed by atoms with Crippen LogP contribution < -0.4 is 24.8 Å². The molecule has 1 aliphatic heterocycles. The SMILES string of the molecule is CCOc1ccc(NC(=O)Nc2nc(-c3ccc4c(c3)OCO4)cs2)cc1. The van der Waals surface area contributed by atoms with Crippen LogP contribution in [0.3, 0.4) is 0 Å². The molecule has 8 heteroatoms. The van der Waals surface area contributed by atoms with Crippen LogP contribution in [0.5, 0.6) is 17.2 Å². The Balaban J connectivity index is 1.39. The lowest BCUT2D eigenvalue weighted by atomic mass is 10.1. The van der Waals surface area contributed by atoms with Gasteiger partial charge in [0.2, 0.25) is 6.79 Å². The minimum absolute atomic E-state index is 0.231. The van der Waals surface area contributed by atoms with E-state index in [2.05, 4.69) is 15.6 Å². The van der Waals surface area contributed by atoms with Crippen LogP contribution in [0.25, 0.3) is 11.3 Å². The van der Waals surface area contributed by atoms with Gasteiger partial charge in [-0.15, -0.1) is 11.3 Å². The molecule has 138 valence electrons. The summed E-state index contributed by atoms with van der Waals surface area (Å²) in [6, 6.07) is 12.5. The van der Waals surface area contributed by atoms with Crippen LogP contribution in [0.15, 0.2) is 47.8 Å². The van der Waals surface area contributed by atoms with E-state index in [-0.39, 0.29) is 12.8 Å². The second-order valence-corrected chi connectivity index (χ2v) is 6.50. The number of thiazole rings is 1. The molecule has 0 aliphatic carbocycles. The quantitative estimate of drug-likeness (QED) is 0.674. The molecule has 0 saturated heterocycles. The zero-order valence-electron chi connectivity index (χ0n) is 14.5. The highest BCUT2D eigenvalue weighted by atomic mass is 32.1. The zero-order chi connectivity index (χ0) is 18.6. The van der Waals surface area contributed by atoms with Gasteiger partial charge < -0.3 is 19.5 Å². The monoisotopic (exact) mass is 383 g/mol. The molecule has 2 aromatic carbocycles. The van der Waals surface area contributed by atoms with Gasteiger partial charge in [-0.2, -0.15) is 0 Å². The number of aromatic nitrogens is 1. The summed E-state index contributed by atoms with van der Waals surface area (Å²) in [5.41, 5.74) is 2.33. The van der Waals surface area contributed by atoms with Gasteiger partial charge in [0.1, 0.15) is 5.75 Å². The first-order valence-electron chi connectivity index (χ1n) is 8.37. The number of urea groups is 1. The average Bonchev–Trinajstić information content (AvgIpc) is 3.32. The van der Waals surface area contributed by atoms with Crippen LogP contribution in [0, 0.1) is 0 Å². The number of nitrogens with zero attached hydrogens (tertiary/aromatic N) is 1. The molecule has 7 nitrogen and oxygen atoms in total.